The molecular weight excluding hydrogens is 418 g/mol. The van der Waals surface area contributed by atoms with Crippen LogP contribution in [-0.2, 0) is 17.6 Å². The minimum absolute atomic E-state index is 0.0751. The maximum atomic E-state index is 13.1. The van der Waals surface area contributed by atoms with Gasteiger partial charge in [0.15, 0.2) is 5.76 Å². The Labute approximate surface area is 194 Å². The molecule has 0 bridgehead atoms. The van der Waals surface area contributed by atoms with Gasteiger partial charge in [-0.2, -0.15) is 0 Å². The van der Waals surface area contributed by atoms with Crippen molar-refractivity contribution in [3.05, 3.63) is 70.7 Å². The third-order valence-electron chi connectivity index (χ3n) is 6.49. The van der Waals surface area contributed by atoms with E-state index >= 15 is 0 Å². The van der Waals surface area contributed by atoms with Crippen molar-refractivity contribution in [1.82, 2.24) is 9.80 Å². The SMILES string of the molecule is CC1=NC(C)C(C)=C1Cc1ccc(C(=O)N2CC(=O)N(CCc3ccccc3)CC(O)C2)o1. The summed E-state index contributed by atoms with van der Waals surface area (Å²) < 4.78 is 5.85. The van der Waals surface area contributed by atoms with Crippen molar-refractivity contribution in [3.63, 3.8) is 0 Å². The highest BCUT2D eigenvalue weighted by atomic mass is 16.4. The van der Waals surface area contributed by atoms with Gasteiger partial charge in [0.05, 0.1) is 12.1 Å². The Morgan fingerprint density at radius 1 is 1.15 bits per heavy atom. The second kappa shape index (κ2) is 9.75. The minimum Gasteiger partial charge on any atom is -0.456 e. The summed E-state index contributed by atoms with van der Waals surface area (Å²) in [4.78, 5) is 33.5. The van der Waals surface area contributed by atoms with Crippen molar-refractivity contribution >= 4 is 17.5 Å². The summed E-state index contributed by atoms with van der Waals surface area (Å²) in [5.74, 6) is 0.314. The van der Waals surface area contributed by atoms with Gasteiger partial charge in [0.25, 0.3) is 5.91 Å². The Morgan fingerprint density at radius 3 is 2.61 bits per heavy atom. The average molecular weight is 450 g/mol. The van der Waals surface area contributed by atoms with E-state index in [-0.39, 0.29) is 43.3 Å². The minimum atomic E-state index is -0.808. The number of amides is 2. The molecule has 1 N–H and O–H groups in total. The van der Waals surface area contributed by atoms with E-state index in [1.165, 1.54) is 10.5 Å². The number of nitrogens with zero attached hydrogens (tertiary/aromatic N) is 3. The molecule has 2 aliphatic rings. The number of aliphatic hydroxyl groups is 1. The lowest BCUT2D eigenvalue weighted by atomic mass is 10.0. The molecule has 3 heterocycles. The molecule has 1 fully saturated rings. The van der Waals surface area contributed by atoms with E-state index in [9.17, 15) is 14.7 Å². The van der Waals surface area contributed by atoms with Gasteiger partial charge in [-0.05, 0) is 56.0 Å². The molecule has 0 aliphatic carbocycles. The van der Waals surface area contributed by atoms with Crippen LogP contribution in [0.3, 0.4) is 0 Å². The number of rotatable bonds is 6. The van der Waals surface area contributed by atoms with Gasteiger partial charge in [0.2, 0.25) is 5.91 Å². The summed E-state index contributed by atoms with van der Waals surface area (Å²) >= 11 is 0. The number of hydrogen-bond donors (Lipinski definition) is 1. The fourth-order valence-corrected chi connectivity index (χ4v) is 4.46. The zero-order valence-corrected chi connectivity index (χ0v) is 19.5. The van der Waals surface area contributed by atoms with E-state index in [2.05, 4.69) is 18.8 Å². The van der Waals surface area contributed by atoms with E-state index in [4.69, 9.17) is 4.42 Å². The average Bonchev–Trinajstić information content (AvgIpc) is 3.31. The molecule has 7 nitrogen and oxygen atoms in total. The third kappa shape index (κ3) is 5.25. The highest BCUT2D eigenvalue weighted by Crippen LogP contribution is 2.25. The lowest BCUT2D eigenvalue weighted by Crippen LogP contribution is -2.40. The fourth-order valence-electron chi connectivity index (χ4n) is 4.46. The maximum Gasteiger partial charge on any atom is 0.290 e. The number of carbonyl (C=O) groups excluding carboxylic acids is 2. The third-order valence-corrected chi connectivity index (χ3v) is 6.49. The largest absolute Gasteiger partial charge is 0.456 e. The molecule has 33 heavy (non-hydrogen) atoms. The highest BCUT2D eigenvalue weighted by Gasteiger charge is 2.31. The second-order valence-corrected chi connectivity index (χ2v) is 8.91. The number of hydrogen-bond acceptors (Lipinski definition) is 5. The van der Waals surface area contributed by atoms with Crippen LogP contribution in [0, 0.1) is 0 Å². The van der Waals surface area contributed by atoms with Gasteiger partial charge < -0.3 is 19.3 Å². The molecule has 2 aromatic rings. The fraction of sp³-hybridized carbons (Fsp3) is 0.423. The first-order valence-corrected chi connectivity index (χ1v) is 11.4. The van der Waals surface area contributed by atoms with Crippen LogP contribution in [0.1, 0.15) is 42.6 Å². The molecule has 0 radical (unpaired) electrons. The number of β-amino-alcohol motifs (C(OH)–C–C–N with tert-alkyl or cyclic N) is 1. The molecule has 0 saturated carbocycles. The Kier molecular flexibility index (Phi) is 6.79. The predicted molar refractivity (Wildman–Crippen MR) is 126 cm³/mol. The summed E-state index contributed by atoms with van der Waals surface area (Å²) in [6.07, 6.45) is 0.469. The lowest BCUT2D eigenvalue weighted by molar-refractivity contribution is -0.131. The van der Waals surface area contributed by atoms with Crippen LogP contribution in [0.4, 0.5) is 0 Å². The zero-order chi connectivity index (χ0) is 23.5. The van der Waals surface area contributed by atoms with Gasteiger partial charge in [-0.25, -0.2) is 0 Å². The van der Waals surface area contributed by atoms with Crippen molar-refractivity contribution in [2.24, 2.45) is 4.99 Å². The smallest absolute Gasteiger partial charge is 0.290 e. The molecular formula is C26H31N3O4. The molecule has 7 heteroatoms. The molecule has 174 valence electrons. The molecule has 2 unspecified atom stereocenters. The number of aliphatic imine (C=N–C) groups is 1. The standard InChI is InChI=1S/C26H31N3O4/c1-17-18(2)27-19(3)23(17)13-22-9-10-24(33-22)26(32)29-15-21(30)14-28(25(31)16-29)12-11-20-7-5-4-6-8-20/h4-10,18,21,30H,11-16H2,1-3H3. The lowest BCUT2D eigenvalue weighted by Gasteiger charge is -2.21. The monoisotopic (exact) mass is 449 g/mol. The molecule has 2 amide bonds. The Hall–Kier alpha value is -3.19. The highest BCUT2D eigenvalue weighted by molar-refractivity contribution is 6.01. The molecule has 1 aromatic heterocycles. The topological polar surface area (TPSA) is 86.4 Å². The first kappa shape index (κ1) is 23.0. The van der Waals surface area contributed by atoms with Crippen LogP contribution >= 0.6 is 0 Å². The van der Waals surface area contributed by atoms with Gasteiger partial charge in [-0.1, -0.05) is 30.3 Å². The van der Waals surface area contributed by atoms with Gasteiger partial charge in [0.1, 0.15) is 12.3 Å². The number of carbonyl (C=O) groups is 2. The van der Waals surface area contributed by atoms with Gasteiger partial charge in [0, 0.05) is 31.8 Å². The van der Waals surface area contributed by atoms with Crippen molar-refractivity contribution in [2.45, 2.75) is 45.8 Å². The quantitative estimate of drug-likeness (QED) is 0.735. The van der Waals surface area contributed by atoms with Crippen LogP contribution in [0.5, 0.6) is 0 Å². The second-order valence-electron chi connectivity index (χ2n) is 8.91. The number of furan rings is 1. The summed E-state index contributed by atoms with van der Waals surface area (Å²) in [7, 11) is 0. The van der Waals surface area contributed by atoms with Crippen molar-refractivity contribution in [1.29, 1.82) is 0 Å². The first-order valence-electron chi connectivity index (χ1n) is 11.4. The van der Waals surface area contributed by atoms with Crippen LogP contribution in [-0.4, -0.2) is 70.8 Å². The van der Waals surface area contributed by atoms with E-state index < -0.39 is 6.10 Å². The molecule has 1 aromatic carbocycles. The molecule has 0 spiro atoms. The first-order chi connectivity index (χ1) is 15.8. The van der Waals surface area contributed by atoms with E-state index in [1.807, 2.05) is 37.3 Å². The van der Waals surface area contributed by atoms with Crippen molar-refractivity contribution < 1.29 is 19.1 Å². The molecule has 1 saturated heterocycles. The number of benzene rings is 1. The van der Waals surface area contributed by atoms with E-state index in [0.29, 0.717) is 25.1 Å². The van der Waals surface area contributed by atoms with Crippen LogP contribution in [0.25, 0.3) is 0 Å². The molecule has 2 aliphatic heterocycles. The van der Waals surface area contributed by atoms with E-state index in [0.717, 1.165) is 16.8 Å². The van der Waals surface area contributed by atoms with E-state index in [1.54, 1.807) is 17.0 Å². The van der Waals surface area contributed by atoms with Crippen LogP contribution in [0.2, 0.25) is 0 Å². The summed E-state index contributed by atoms with van der Waals surface area (Å²) in [5, 5.41) is 10.5. The molecule has 4 rings (SSSR count). The Morgan fingerprint density at radius 2 is 1.91 bits per heavy atom. The Balaban J connectivity index is 1.40. The summed E-state index contributed by atoms with van der Waals surface area (Å²) in [6.45, 7) is 6.86. The summed E-state index contributed by atoms with van der Waals surface area (Å²) in [5.41, 5.74) is 4.49. The zero-order valence-electron chi connectivity index (χ0n) is 19.5. The predicted octanol–water partition coefficient (Wildman–Crippen LogP) is 2.89. The Bertz CT molecular complexity index is 1090. The van der Waals surface area contributed by atoms with Crippen LogP contribution < -0.4 is 0 Å². The van der Waals surface area contributed by atoms with Crippen molar-refractivity contribution in [3.8, 4) is 0 Å². The number of allylic oxidation sites excluding steroid dienone is 1. The normalized spacial score (nSPS) is 21.5. The summed E-state index contributed by atoms with van der Waals surface area (Å²) in [6, 6.07) is 13.5. The van der Waals surface area contributed by atoms with Gasteiger partial charge >= 0.3 is 0 Å². The van der Waals surface area contributed by atoms with Gasteiger partial charge in [-0.15, -0.1) is 0 Å². The van der Waals surface area contributed by atoms with Crippen LogP contribution in [0.15, 0.2) is 63.0 Å². The van der Waals surface area contributed by atoms with Crippen molar-refractivity contribution in [2.75, 3.05) is 26.2 Å². The van der Waals surface area contributed by atoms with Gasteiger partial charge in [-0.3, -0.25) is 14.6 Å². The molecule has 2 atom stereocenters. The number of aliphatic hydroxyl groups excluding tert-OH is 1. The maximum absolute atomic E-state index is 13.1.